The lowest BCUT2D eigenvalue weighted by molar-refractivity contribution is -0.120. The quantitative estimate of drug-likeness (QED) is 0.667. The zero-order valence-corrected chi connectivity index (χ0v) is 12.7. The molecule has 0 atom stereocenters. The summed E-state index contributed by atoms with van der Waals surface area (Å²) >= 11 is 0. The molecular weight excluding hydrogens is 244 g/mol. The summed E-state index contributed by atoms with van der Waals surface area (Å²) in [4.78, 5) is 22.3. The molecule has 0 aromatic heterocycles. The third-order valence-electron chi connectivity index (χ3n) is 2.53. The van der Waals surface area contributed by atoms with Gasteiger partial charge >= 0.3 is 6.09 Å². The highest BCUT2D eigenvalue weighted by atomic mass is 16.6. The van der Waals surface area contributed by atoms with E-state index in [1.165, 1.54) is 0 Å². The predicted molar refractivity (Wildman–Crippen MR) is 76.0 cm³/mol. The molecule has 0 spiro atoms. The van der Waals surface area contributed by atoms with Crippen LogP contribution >= 0.6 is 0 Å². The summed E-state index contributed by atoms with van der Waals surface area (Å²) in [5.41, 5.74) is -0.441. The summed E-state index contributed by atoms with van der Waals surface area (Å²) in [5.74, 6) is 0.103. The molecule has 0 saturated heterocycles. The number of carbonyl (C=O) groups is 2. The Bertz CT molecular complexity index is 272. The summed E-state index contributed by atoms with van der Waals surface area (Å²) in [6.07, 6.45) is 5.33. The van der Waals surface area contributed by atoms with Crippen LogP contribution < -0.4 is 10.6 Å². The molecule has 0 aromatic carbocycles. The summed E-state index contributed by atoms with van der Waals surface area (Å²) in [6.45, 7) is 6.18. The normalized spacial score (nSPS) is 10.9. The van der Waals surface area contributed by atoms with Crippen LogP contribution in [0.25, 0.3) is 0 Å². The summed E-state index contributed by atoms with van der Waals surface area (Å²) in [7, 11) is 1.66. The monoisotopic (exact) mass is 272 g/mol. The molecule has 5 heteroatoms. The highest BCUT2D eigenvalue weighted by Gasteiger charge is 2.15. The molecule has 2 N–H and O–H groups in total. The molecule has 5 nitrogen and oxygen atoms in total. The first-order valence-electron chi connectivity index (χ1n) is 7.02. The van der Waals surface area contributed by atoms with Gasteiger partial charge in [-0.25, -0.2) is 4.79 Å². The maximum absolute atomic E-state index is 11.3. The number of hydrogen-bond acceptors (Lipinski definition) is 3. The van der Waals surface area contributed by atoms with Gasteiger partial charge in [-0.2, -0.15) is 0 Å². The molecule has 0 fully saturated rings. The number of unbranched alkanes of at least 4 members (excludes halogenated alkanes) is 4. The number of amides is 2. The molecule has 19 heavy (non-hydrogen) atoms. The zero-order valence-electron chi connectivity index (χ0n) is 12.7. The average molecular weight is 272 g/mol. The molecule has 0 radical (unpaired) electrons. The highest BCUT2D eigenvalue weighted by molar-refractivity contribution is 5.75. The number of ether oxygens (including phenoxy) is 1. The van der Waals surface area contributed by atoms with Gasteiger partial charge in [-0.15, -0.1) is 0 Å². The number of alkyl carbamates (subject to hydrolysis) is 1. The molecular formula is C14H28N2O3. The van der Waals surface area contributed by atoms with Crippen molar-refractivity contribution in [3.63, 3.8) is 0 Å². The smallest absolute Gasteiger partial charge is 0.407 e. The first kappa shape index (κ1) is 17.7. The largest absolute Gasteiger partial charge is 0.444 e. The van der Waals surface area contributed by atoms with Gasteiger partial charge in [0.1, 0.15) is 5.60 Å². The van der Waals surface area contributed by atoms with Crippen molar-refractivity contribution in [3.05, 3.63) is 0 Å². The van der Waals surface area contributed by atoms with Crippen molar-refractivity contribution in [2.24, 2.45) is 0 Å². The Morgan fingerprint density at radius 3 is 2.16 bits per heavy atom. The molecule has 0 rings (SSSR count). The van der Waals surface area contributed by atoms with E-state index in [0.29, 0.717) is 13.0 Å². The van der Waals surface area contributed by atoms with E-state index in [4.69, 9.17) is 4.74 Å². The average Bonchev–Trinajstić information content (AvgIpc) is 2.29. The predicted octanol–water partition coefficient (Wildman–Crippen LogP) is 2.60. The van der Waals surface area contributed by atoms with Gasteiger partial charge in [-0.05, 0) is 33.6 Å². The maximum Gasteiger partial charge on any atom is 0.407 e. The summed E-state index contributed by atoms with van der Waals surface area (Å²) in [6, 6.07) is 0. The second-order valence-corrected chi connectivity index (χ2v) is 5.62. The van der Waals surface area contributed by atoms with Crippen molar-refractivity contribution in [1.82, 2.24) is 10.6 Å². The van der Waals surface area contributed by atoms with Crippen LogP contribution in [0.2, 0.25) is 0 Å². The minimum atomic E-state index is -0.441. The Balaban J connectivity index is 3.32. The Labute approximate surface area is 116 Å². The molecule has 0 saturated carbocycles. The van der Waals surface area contributed by atoms with Crippen LogP contribution in [0.3, 0.4) is 0 Å². The SMILES string of the molecule is CNC(=O)CCCCCCCNC(=O)OC(C)(C)C. The van der Waals surface area contributed by atoms with E-state index in [0.717, 1.165) is 32.1 Å². The van der Waals surface area contributed by atoms with E-state index in [2.05, 4.69) is 10.6 Å². The second kappa shape index (κ2) is 9.64. The van der Waals surface area contributed by atoms with Crippen molar-refractivity contribution < 1.29 is 14.3 Å². The fraction of sp³-hybridized carbons (Fsp3) is 0.857. The number of nitrogens with one attached hydrogen (secondary N) is 2. The van der Waals surface area contributed by atoms with Crippen LogP contribution in [-0.2, 0) is 9.53 Å². The second-order valence-electron chi connectivity index (χ2n) is 5.62. The van der Waals surface area contributed by atoms with Gasteiger partial charge in [0.05, 0.1) is 0 Å². The zero-order chi connectivity index (χ0) is 14.7. The van der Waals surface area contributed by atoms with Crippen molar-refractivity contribution in [1.29, 1.82) is 0 Å². The van der Waals surface area contributed by atoms with Gasteiger partial charge in [-0.1, -0.05) is 19.3 Å². The van der Waals surface area contributed by atoms with Crippen molar-refractivity contribution >= 4 is 12.0 Å². The highest BCUT2D eigenvalue weighted by Crippen LogP contribution is 2.07. The topological polar surface area (TPSA) is 67.4 Å². The summed E-state index contributed by atoms with van der Waals surface area (Å²) < 4.78 is 5.13. The minimum Gasteiger partial charge on any atom is -0.444 e. The number of hydrogen-bond donors (Lipinski definition) is 2. The summed E-state index contributed by atoms with van der Waals surface area (Å²) in [5, 5.41) is 5.34. The molecule has 0 aliphatic carbocycles. The molecule has 0 unspecified atom stereocenters. The van der Waals surface area contributed by atoms with E-state index in [9.17, 15) is 9.59 Å². The molecule has 0 heterocycles. The number of carbonyl (C=O) groups excluding carboxylic acids is 2. The van der Waals surface area contributed by atoms with Crippen LogP contribution in [0.5, 0.6) is 0 Å². The maximum atomic E-state index is 11.3. The van der Waals surface area contributed by atoms with Gasteiger partial charge < -0.3 is 15.4 Å². The third kappa shape index (κ3) is 13.0. The lowest BCUT2D eigenvalue weighted by Gasteiger charge is -2.19. The Kier molecular flexibility index (Phi) is 9.00. The van der Waals surface area contributed by atoms with Gasteiger partial charge in [0.25, 0.3) is 0 Å². The third-order valence-corrected chi connectivity index (χ3v) is 2.53. The molecule has 0 aliphatic heterocycles. The Morgan fingerprint density at radius 1 is 1.00 bits per heavy atom. The Hall–Kier alpha value is -1.26. The van der Waals surface area contributed by atoms with Crippen LogP contribution in [0.4, 0.5) is 4.79 Å². The molecule has 112 valence electrons. The molecule has 0 aliphatic rings. The minimum absolute atomic E-state index is 0.103. The molecule has 0 bridgehead atoms. The van der Waals surface area contributed by atoms with Crippen molar-refractivity contribution in [3.8, 4) is 0 Å². The van der Waals surface area contributed by atoms with E-state index < -0.39 is 5.60 Å². The lowest BCUT2D eigenvalue weighted by Crippen LogP contribution is -2.32. The first-order valence-corrected chi connectivity index (χ1v) is 7.02. The molecule has 0 aromatic rings. The van der Waals surface area contributed by atoms with E-state index in [1.54, 1.807) is 7.05 Å². The lowest BCUT2D eigenvalue weighted by atomic mass is 10.1. The van der Waals surface area contributed by atoms with Crippen LogP contribution in [0, 0.1) is 0 Å². The standard InChI is InChI=1S/C14H28N2O3/c1-14(2,3)19-13(18)16-11-9-7-5-6-8-10-12(17)15-4/h5-11H2,1-4H3,(H,15,17)(H,16,18). The fourth-order valence-electron chi connectivity index (χ4n) is 1.57. The van der Waals surface area contributed by atoms with Crippen LogP contribution in [0.15, 0.2) is 0 Å². The first-order chi connectivity index (χ1) is 8.85. The molecule has 2 amide bonds. The Morgan fingerprint density at radius 2 is 1.58 bits per heavy atom. The van der Waals surface area contributed by atoms with E-state index >= 15 is 0 Å². The van der Waals surface area contributed by atoms with Crippen molar-refractivity contribution in [2.75, 3.05) is 13.6 Å². The van der Waals surface area contributed by atoms with E-state index in [1.807, 2.05) is 20.8 Å². The van der Waals surface area contributed by atoms with Crippen LogP contribution in [0.1, 0.15) is 59.3 Å². The van der Waals surface area contributed by atoms with Gasteiger partial charge in [0.15, 0.2) is 0 Å². The fourth-order valence-corrected chi connectivity index (χ4v) is 1.57. The van der Waals surface area contributed by atoms with Gasteiger partial charge in [0, 0.05) is 20.0 Å². The number of rotatable bonds is 8. The van der Waals surface area contributed by atoms with Crippen molar-refractivity contribution in [2.45, 2.75) is 64.9 Å². The van der Waals surface area contributed by atoms with Crippen LogP contribution in [-0.4, -0.2) is 31.2 Å². The van der Waals surface area contributed by atoms with E-state index in [-0.39, 0.29) is 12.0 Å². The van der Waals surface area contributed by atoms with Gasteiger partial charge in [-0.3, -0.25) is 4.79 Å². The van der Waals surface area contributed by atoms with Gasteiger partial charge in [0.2, 0.25) is 5.91 Å².